The molecule has 6 rings (SSSR count). The molecule has 13 heteroatoms. The molecule has 41 heavy (non-hydrogen) atoms. The van der Waals surface area contributed by atoms with Crippen LogP contribution in [-0.2, 0) is 12.3 Å². The molecule has 0 radical (unpaired) electrons. The number of benzene rings is 2. The average molecular weight is 577 g/mol. The summed E-state index contributed by atoms with van der Waals surface area (Å²) in [6.07, 6.45) is 1.75. The van der Waals surface area contributed by atoms with Gasteiger partial charge in [-0.05, 0) is 50.4 Å². The molecule has 0 aliphatic carbocycles. The largest absolute Gasteiger partial charge is 0.497 e. The predicted molar refractivity (Wildman–Crippen MR) is 155 cm³/mol. The third-order valence-corrected chi connectivity index (χ3v) is 8.01. The quantitative estimate of drug-likeness (QED) is 0.271. The zero-order valence-corrected chi connectivity index (χ0v) is 23.7. The maximum Gasteiger partial charge on any atom is 0.247 e. The Balaban J connectivity index is 1.22. The zero-order valence-electron chi connectivity index (χ0n) is 22.9. The zero-order chi connectivity index (χ0) is 28.5. The van der Waals surface area contributed by atoms with Crippen LogP contribution in [-0.4, -0.2) is 75.2 Å². The monoisotopic (exact) mass is 576 g/mol. The summed E-state index contributed by atoms with van der Waals surface area (Å²) in [5, 5.41) is 16.1. The molecule has 1 aliphatic rings. The molecule has 3 aromatic heterocycles. The minimum atomic E-state index is -0.402. The Hall–Kier alpha value is -4.23. The number of nitrogens with one attached hydrogen (secondary N) is 1. The molecule has 0 spiro atoms. The fraction of sp³-hybridized carbons (Fsp3) is 0.321. The molecule has 0 bridgehead atoms. The smallest absolute Gasteiger partial charge is 0.247 e. The predicted octanol–water partition coefficient (Wildman–Crippen LogP) is 4.05. The fourth-order valence-corrected chi connectivity index (χ4v) is 5.47. The van der Waals surface area contributed by atoms with Crippen molar-refractivity contribution in [2.45, 2.75) is 24.4 Å². The molecule has 1 saturated heterocycles. The van der Waals surface area contributed by atoms with Gasteiger partial charge in [0.05, 0.1) is 29.6 Å². The summed E-state index contributed by atoms with van der Waals surface area (Å²) in [6, 6.07) is 10.5. The lowest BCUT2D eigenvalue weighted by Crippen LogP contribution is -2.44. The second-order valence-corrected chi connectivity index (χ2v) is 10.7. The highest BCUT2D eigenvalue weighted by molar-refractivity contribution is 7.98. The van der Waals surface area contributed by atoms with Crippen molar-refractivity contribution in [2.75, 3.05) is 45.2 Å². The summed E-state index contributed by atoms with van der Waals surface area (Å²) in [4.78, 5) is 22.3. The van der Waals surface area contributed by atoms with E-state index in [1.807, 2.05) is 40.7 Å². The molecule has 11 nitrogen and oxygen atoms in total. The van der Waals surface area contributed by atoms with Crippen molar-refractivity contribution < 1.29 is 13.5 Å². The number of piperazine rings is 1. The number of thioether (sulfide) groups is 1. The SMILES string of the molecule is CCn1cc(-c2nc(SCc3nnc(-c4ccc(OC)cc4)o3)n[nH]2)c(=O)c2cc(F)c(N3CCN(C)CC3)cc21. The van der Waals surface area contributed by atoms with E-state index in [1.54, 1.807) is 19.4 Å². The van der Waals surface area contributed by atoms with Gasteiger partial charge in [0.25, 0.3) is 0 Å². The van der Waals surface area contributed by atoms with Crippen LogP contribution < -0.4 is 15.1 Å². The number of ether oxygens (including phenoxy) is 1. The maximum absolute atomic E-state index is 15.3. The highest BCUT2D eigenvalue weighted by Crippen LogP contribution is 2.29. The number of rotatable bonds is 8. The third kappa shape index (κ3) is 5.42. The van der Waals surface area contributed by atoms with E-state index in [2.05, 4.69) is 37.3 Å². The van der Waals surface area contributed by atoms with Gasteiger partial charge in [-0.25, -0.2) is 9.37 Å². The molecule has 2 aromatic carbocycles. The van der Waals surface area contributed by atoms with E-state index in [1.165, 1.54) is 17.8 Å². The average Bonchev–Trinajstić information content (AvgIpc) is 3.67. The molecular formula is C28H29FN8O3S. The van der Waals surface area contributed by atoms with Crippen LogP contribution in [0.3, 0.4) is 0 Å². The fourth-order valence-electron chi connectivity index (χ4n) is 4.84. The van der Waals surface area contributed by atoms with Crippen LogP contribution in [0.5, 0.6) is 5.75 Å². The highest BCUT2D eigenvalue weighted by Gasteiger charge is 2.21. The highest BCUT2D eigenvalue weighted by atomic mass is 32.2. The molecule has 212 valence electrons. The molecule has 1 aliphatic heterocycles. The Kier molecular flexibility index (Phi) is 7.45. The van der Waals surface area contributed by atoms with Crippen molar-refractivity contribution in [1.82, 2.24) is 34.8 Å². The molecular weight excluding hydrogens is 547 g/mol. The standard InChI is InChI=1S/C28H29FN8O3S/c1-4-36-15-20(25(38)19-13-21(29)23(14-22(19)36)37-11-9-35(2)10-12-37)26-30-28(34-32-26)41-16-24-31-33-27(40-24)17-5-7-18(39-3)8-6-17/h5-8,13-15H,4,9-12,16H2,1-3H3,(H,30,32,34). The van der Waals surface area contributed by atoms with Crippen LogP contribution in [0.15, 0.2) is 57.0 Å². The van der Waals surface area contributed by atoms with Crippen LogP contribution in [0, 0.1) is 5.82 Å². The van der Waals surface area contributed by atoms with Gasteiger partial charge in [0.1, 0.15) is 11.6 Å². The van der Waals surface area contributed by atoms with Gasteiger partial charge in [0.2, 0.25) is 16.9 Å². The molecule has 0 atom stereocenters. The van der Waals surface area contributed by atoms with Gasteiger partial charge < -0.3 is 23.5 Å². The molecule has 0 saturated carbocycles. The first-order chi connectivity index (χ1) is 19.9. The Labute approximate surface area is 239 Å². The Morgan fingerprint density at radius 1 is 1.12 bits per heavy atom. The number of likely N-dealkylation sites (N-methyl/N-ethyl adjacent to an activating group) is 1. The van der Waals surface area contributed by atoms with Gasteiger partial charge in [-0.2, -0.15) is 0 Å². The van der Waals surface area contributed by atoms with Gasteiger partial charge in [-0.1, -0.05) is 11.8 Å². The summed E-state index contributed by atoms with van der Waals surface area (Å²) >= 11 is 1.30. The molecule has 5 aromatic rings. The first-order valence-corrected chi connectivity index (χ1v) is 14.2. The van der Waals surface area contributed by atoms with Gasteiger partial charge >= 0.3 is 0 Å². The molecule has 0 amide bonds. The van der Waals surface area contributed by atoms with E-state index in [-0.39, 0.29) is 5.43 Å². The lowest BCUT2D eigenvalue weighted by molar-refractivity contribution is 0.312. The van der Waals surface area contributed by atoms with Crippen LogP contribution in [0.1, 0.15) is 12.8 Å². The number of halogens is 1. The minimum Gasteiger partial charge on any atom is -0.497 e. The van der Waals surface area contributed by atoms with Crippen molar-refractivity contribution in [2.24, 2.45) is 0 Å². The number of methoxy groups -OCH3 is 1. The van der Waals surface area contributed by atoms with E-state index in [9.17, 15) is 4.79 Å². The van der Waals surface area contributed by atoms with Crippen molar-refractivity contribution in [3.05, 3.63) is 64.5 Å². The van der Waals surface area contributed by atoms with Gasteiger partial charge in [0, 0.05) is 49.9 Å². The van der Waals surface area contributed by atoms with E-state index in [0.29, 0.717) is 57.2 Å². The number of H-pyrrole nitrogens is 1. The van der Waals surface area contributed by atoms with Crippen molar-refractivity contribution in [3.8, 4) is 28.6 Å². The van der Waals surface area contributed by atoms with Crippen LogP contribution >= 0.6 is 11.8 Å². The van der Waals surface area contributed by atoms with E-state index >= 15 is 4.39 Å². The van der Waals surface area contributed by atoms with E-state index < -0.39 is 5.82 Å². The minimum absolute atomic E-state index is 0.303. The number of hydrogen-bond donors (Lipinski definition) is 1. The van der Waals surface area contributed by atoms with Gasteiger partial charge in [-0.15, -0.1) is 15.3 Å². The first kappa shape index (κ1) is 27.0. The Bertz CT molecular complexity index is 1740. The molecule has 1 fully saturated rings. The second kappa shape index (κ2) is 11.3. The summed E-state index contributed by atoms with van der Waals surface area (Å²) in [5.74, 6) is 1.81. The number of nitrogens with zero attached hydrogens (tertiary/aromatic N) is 7. The lowest BCUT2D eigenvalue weighted by Gasteiger charge is -2.34. The number of pyridine rings is 1. The number of aryl methyl sites for hydroxylation is 1. The maximum atomic E-state index is 15.3. The number of anilines is 1. The topological polar surface area (TPSA) is 118 Å². The summed E-state index contributed by atoms with van der Waals surface area (Å²) < 4.78 is 28.2. The number of hydrogen-bond acceptors (Lipinski definition) is 10. The summed E-state index contributed by atoms with van der Waals surface area (Å²) in [5.41, 5.74) is 2.02. The number of aromatic amines is 1. The van der Waals surface area contributed by atoms with E-state index in [4.69, 9.17) is 9.15 Å². The van der Waals surface area contributed by atoms with Crippen molar-refractivity contribution in [1.29, 1.82) is 0 Å². The third-order valence-electron chi connectivity index (χ3n) is 7.18. The number of fused-ring (bicyclic) bond motifs is 1. The Morgan fingerprint density at radius 3 is 2.63 bits per heavy atom. The van der Waals surface area contributed by atoms with Crippen LogP contribution in [0.4, 0.5) is 10.1 Å². The van der Waals surface area contributed by atoms with Gasteiger partial charge in [0.15, 0.2) is 11.3 Å². The first-order valence-electron chi connectivity index (χ1n) is 13.3. The second-order valence-electron chi connectivity index (χ2n) is 9.75. The van der Waals surface area contributed by atoms with Crippen molar-refractivity contribution in [3.63, 3.8) is 0 Å². The normalized spacial score (nSPS) is 14.2. The van der Waals surface area contributed by atoms with Gasteiger partial charge in [-0.3, -0.25) is 9.89 Å². The van der Waals surface area contributed by atoms with E-state index in [0.717, 1.165) is 37.5 Å². The molecule has 1 N–H and O–H groups in total. The van der Waals surface area contributed by atoms with Crippen LogP contribution in [0.25, 0.3) is 33.7 Å². The Morgan fingerprint density at radius 2 is 1.90 bits per heavy atom. The lowest BCUT2D eigenvalue weighted by atomic mass is 10.1. The molecule has 4 heterocycles. The summed E-state index contributed by atoms with van der Waals surface area (Å²) in [7, 11) is 3.66. The summed E-state index contributed by atoms with van der Waals surface area (Å²) in [6.45, 7) is 5.77. The number of aromatic nitrogens is 6. The molecule has 0 unspecified atom stereocenters. The van der Waals surface area contributed by atoms with Crippen LogP contribution in [0.2, 0.25) is 0 Å². The van der Waals surface area contributed by atoms with Crippen molar-refractivity contribution >= 4 is 28.4 Å².